The van der Waals surface area contributed by atoms with Gasteiger partial charge in [-0.3, -0.25) is 4.79 Å². The van der Waals surface area contributed by atoms with Crippen molar-refractivity contribution in [1.82, 2.24) is 9.62 Å². The van der Waals surface area contributed by atoms with Crippen molar-refractivity contribution in [2.45, 2.75) is 36.9 Å². The topological polar surface area (TPSA) is 66.5 Å². The first-order valence-corrected chi connectivity index (χ1v) is 8.44. The third-order valence-electron chi connectivity index (χ3n) is 3.87. The minimum absolute atomic E-state index is 0.0549. The molecule has 23 heavy (non-hydrogen) atoms. The first-order chi connectivity index (χ1) is 10.6. The van der Waals surface area contributed by atoms with E-state index in [1.807, 2.05) is 0 Å². The molecule has 2 rings (SSSR count). The number of amides is 1. The summed E-state index contributed by atoms with van der Waals surface area (Å²) < 4.78 is 65.2. The molecule has 1 amide bonds. The molecule has 0 saturated carbocycles. The third-order valence-corrected chi connectivity index (χ3v) is 5.78. The molecule has 1 aromatic carbocycles. The van der Waals surface area contributed by atoms with Crippen LogP contribution < -0.4 is 5.32 Å². The average Bonchev–Trinajstić information content (AvgIpc) is 2.95. The summed E-state index contributed by atoms with van der Waals surface area (Å²) in [6.07, 6.45) is -3.81. The molecular formula is C14H17F3N2O3S. The quantitative estimate of drug-likeness (QED) is 0.906. The number of rotatable bonds is 3. The number of carbonyl (C=O) groups is 1. The zero-order valence-corrected chi connectivity index (χ0v) is 13.5. The Morgan fingerprint density at radius 1 is 1.35 bits per heavy atom. The van der Waals surface area contributed by atoms with E-state index in [4.69, 9.17) is 0 Å². The number of carbonyl (C=O) groups excluding carboxylic acids is 1. The summed E-state index contributed by atoms with van der Waals surface area (Å²) in [6.45, 7) is 1.37. The number of nitrogens with one attached hydrogen (secondary N) is 1. The predicted octanol–water partition coefficient (Wildman–Crippen LogP) is 1.91. The van der Waals surface area contributed by atoms with Crippen LogP contribution in [-0.4, -0.2) is 38.3 Å². The van der Waals surface area contributed by atoms with Gasteiger partial charge in [0.05, 0.1) is 10.5 Å². The summed E-state index contributed by atoms with van der Waals surface area (Å²) in [6, 6.07) is 2.00. The van der Waals surface area contributed by atoms with Gasteiger partial charge in [-0.05, 0) is 37.5 Å². The van der Waals surface area contributed by atoms with Gasteiger partial charge >= 0.3 is 6.18 Å². The van der Waals surface area contributed by atoms with Gasteiger partial charge in [-0.15, -0.1) is 0 Å². The summed E-state index contributed by atoms with van der Waals surface area (Å²) in [5.74, 6) is -0.464. The predicted molar refractivity (Wildman–Crippen MR) is 77.2 cm³/mol. The molecule has 1 aliphatic rings. The summed E-state index contributed by atoms with van der Waals surface area (Å²) >= 11 is 0. The summed E-state index contributed by atoms with van der Waals surface area (Å²) in [5, 5.41) is 2.38. The van der Waals surface area contributed by atoms with Crippen LogP contribution in [0.15, 0.2) is 23.1 Å². The first kappa shape index (κ1) is 17.7. The zero-order chi connectivity index (χ0) is 17.4. The number of nitrogens with zero attached hydrogens (tertiary/aromatic N) is 1. The van der Waals surface area contributed by atoms with Crippen molar-refractivity contribution in [3.63, 3.8) is 0 Å². The maximum absolute atomic E-state index is 13.0. The number of aryl methyl sites for hydroxylation is 1. The highest BCUT2D eigenvalue weighted by Crippen LogP contribution is 2.34. The Labute approximate surface area is 132 Å². The number of hydrogen-bond acceptors (Lipinski definition) is 3. The molecule has 1 aromatic rings. The zero-order valence-electron chi connectivity index (χ0n) is 12.6. The molecule has 1 N–H and O–H groups in total. The molecule has 0 radical (unpaired) electrons. The molecule has 0 bridgehead atoms. The fraction of sp³-hybridized carbons (Fsp3) is 0.500. The van der Waals surface area contributed by atoms with Gasteiger partial charge in [0.25, 0.3) is 0 Å². The highest BCUT2D eigenvalue weighted by atomic mass is 32.2. The summed E-state index contributed by atoms with van der Waals surface area (Å²) in [7, 11) is -2.78. The van der Waals surface area contributed by atoms with E-state index in [0.29, 0.717) is 18.9 Å². The lowest BCUT2D eigenvalue weighted by molar-refractivity contribution is -0.138. The monoisotopic (exact) mass is 350 g/mol. The van der Waals surface area contributed by atoms with Crippen LogP contribution in [0.4, 0.5) is 13.2 Å². The van der Waals surface area contributed by atoms with Crippen LogP contribution >= 0.6 is 0 Å². The first-order valence-electron chi connectivity index (χ1n) is 7.00. The number of hydrogen-bond donors (Lipinski definition) is 1. The molecule has 1 heterocycles. The summed E-state index contributed by atoms with van der Waals surface area (Å²) in [4.78, 5) is 11.3. The van der Waals surface area contributed by atoms with Crippen molar-refractivity contribution in [3.8, 4) is 0 Å². The molecule has 0 unspecified atom stereocenters. The van der Waals surface area contributed by atoms with E-state index >= 15 is 0 Å². The molecule has 0 aliphatic carbocycles. The van der Waals surface area contributed by atoms with Crippen LogP contribution in [0.1, 0.15) is 24.0 Å². The second kappa shape index (κ2) is 6.12. The second-order valence-corrected chi connectivity index (χ2v) is 7.25. The van der Waals surface area contributed by atoms with E-state index in [9.17, 15) is 26.4 Å². The number of alkyl halides is 3. The molecule has 0 aromatic heterocycles. The van der Waals surface area contributed by atoms with Crippen LogP contribution in [0.5, 0.6) is 0 Å². The molecule has 5 nitrogen and oxygen atoms in total. The van der Waals surface area contributed by atoms with Gasteiger partial charge in [0.1, 0.15) is 6.04 Å². The van der Waals surface area contributed by atoms with Gasteiger partial charge in [0.2, 0.25) is 15.9 Å². The minimum Gasteiger partial charge on any atom is -0.358 e. The SMILES string of the molecule is CNC(=O)[C@H]1CCCN1S(=O)(=O)c1ccc(C)c(C(F)(F)F)c1. The van der Waals surface area contributed by atoms with E-state index in [2.05, 4.69) is 5.32 Å². The van der Waals surface area contributed by atoms with Crippen LogP contribution in [0.3, 0.4) is 0 Å². The van der Waals surface area contributed by atoms with Gasteiger partial charge < -0.3 is 5.32 Å². The maximum atomic E-state index is 13.0. The Morgan fingerprint density at radius 2 is 2.00 bits per heavy atom. The van der Waals surface area contributed by atoms with E-state index in [-0.39, 0.29) is 12.1 Å². The average molecular weight is 350 g/mol. The number of sulfonamides is 1. The van der Waals surface area contributed by atoms with Gasteiger partial charge in [0, 0.05) is 13.6 Å². The molecule has 0 spiro atoms. The Bertz CT molecular complexity index is 716. The van der Waals surface area contributed by atoms with Gasteiger partial charge in [-0.25, -0.2) is 8.42 Å². The standard InChI is InChI=1S/C14H17F3N2O3S/c1-9-5-6-10(8-11(9)14(15,16)17)23(21,22)19-7-3-4-12(19)13(20)18-2/h5-6,8,12H,3-4,7H2,1-2H3,(H,18,20)/t12-/m1/s1. The highest BCUT2D eigenvalue weighted by molar-refractivity contribution is 7.89. The highest BCUT2D eigenvalue weighted by Gasteiger charge is 2.40. The van der Waals surface area contributed by atoms with E-state index in [1.54, 1.807) is 0 Å². The molecule has 1 atom stereocenters. The fourth-order valence-electron chi connectivity index (χ4n) is 2.66. The van der Waals surface area contributed by atoms with E-state index < -0.39 is 38.6 Å². The van der Waals surface area contributed by atoms with Gasteiger partial charge in [0.15, 0.2) is 0 Å². The number of halogens is 3. The normalized spacial score (nSPS) is 19.8. The number of benzene rings is 1. The molecule has 1 saturated heterocycles. The molecular weight excluding hydrogens is 333 g/mol. The van der Waals surface area contributed by atoms with Gasteiger partial charge in [-0.2, -0.15) is 17.5 Å². The van der Waals surface area contributed by atoms with Crippen molar-refractivity contribution in [1.29, 1.82) is 0 Å². The van der Waals surface area contributed by atoms with Crippen LogP contribution in [-0.2, 0) is 21.0 Å². The lowest BCUT2D eigenvalue weighted by Crippen LogP contribution is -2.44. The van der Waals surface area contributed by atoms with Crippen LogP contribution in [0.2, 0.25) is 0 Å². The third kappa shape index (κ3) is 3.35. The van der Waals surface area contributed by atoms with E-state index in [0.717, 1.165) is 16.4 Å². The van der Waals surface area contributed by atoms with Crippen molar-refractivity contribution in [2.24, 2.45) is 0 Å². The van der Waals surface area contributed by atoms with Crippen molar-refractivity contribution < 1.29 is 26.4 Å². The van der Waals surface area contributed by atoms with Crippen molar-refractivity contribution >= 4 is 15.9 Å². The molecule has 1 aliphatic heterocycles. The smallest absolute Gasteiger partial charge is 0.358 e. The second-order valence-electron chi connectivity index (χ2n) is 5.36. The van der Waals surface area contributed by atoms with Crippen LogP contribution in [0, 0.1) is 6.92 Å². The van der Waals surface area contributed by atoms with Crippen LogP contribution in [0.25, 0.3) is 0 Å². The molecule has 1 fully saturated rings. The number of likely N-dealkylation sites (N-methyl/N-ethyl adjacent to an activating group) is 1. The molecule has 9 heteroatoms. The Balaban J connectivity index is 2.46. The fourth-order valence-corrected chi connectivity index (χ4v) is 4.34. The maximum Gasteiger partial charge on any atom is 0.416 e. The minimum atomic E-state index is -4.64. The largest absolute Gasteiger partial charge is 0.416 e. The Morgan fingerprint density at radius 3 is 2.57 bits per heavy atom. The lowest BCUT2D eigenvalue weighted by atomic mass is 10.1. The van der Waals surface area contributed by atoms with Crippen molar-refractivity contribution in [2.75, 3.05) is 13.6 Å². The summed E-state index contributed by atoms with van der Waals surface area (Å²) in [5.41, 5.74) is -1.05. The molecule has 128 valence electrons. The van der Waals surface area contributed by atoms with E-state index in [1.165, 1.54) is 14.0 Å². The Hall–Kier alpha value is -1.61. The van der Waals surface area contributed by atoms with Crippen molar-refractivity contribution in [3.05, 3.63) is 29.3 Å². The Kier molecular flexibility index (Phi) is 4.72. The van der Waals surface area contributed by atoms with Gasteiger partial charge in [-0.1, -0.05) is 6.07 Å². The lowest BCUT2D eigenvalue weighted by Gasteiger charge is -2.23.